The third kappa shape index (κ3) is 4.78. The fraction of sp³-hybridized carbons (Fsp3) is 0.643. The molecule has 100 valence electrons. The highest BCUT2D eigenvalue weighted by atomic mass is 32.1. The number of quaternary nitrogens is 1. The molecule has 0 spiro atoms. The van der Waals surface area contributed by atoms with E-state index in [1.807, 2.05) is 0 Å². The number of carbonyl (C=O) groups excluding carboxylic acids is 1. The van der Waals surface area contributed by atoms with Gasteiger partial charge in [-0.05, 0) is 30.2 Å². The van der Waals surface area contributed by atoms with E-state index >= 15 is 0 Å². The molecule has 0 saturated heterocycles. The zero-order chi connectivity index (χ0) is 12.6. The quantitative estimate of drug-likeness (QED) is 0.806. The molecular weight excluding hydrogens is 244 g/mol. The van der Waals surface area contributed by atoms with Gasteiger partial charge in [0.1, 0.15) is 6.54 Å². The third-order valence-electron chi connectivity index (χ3n) is 3.57. The van der Waals surface area contributed by atoms with Crippen molar-refractivity contribution in [3.05, 3.63) is 22.4 Å². The first-order chi connectivity index (χ1) is 8.84. The van der Waals surface area contributed by atoms with Crippen LogP contribution in [0.4, 0.5) is 0 Å². The summed E-state index contributed by atoms with van der Waals surface area (Å²) in [6, 6.07) is 4.16. The number of thiophene rings is 1. The number of amides is 1. The van der Waals surface area contributed by atoms with Crippen molar-refractivity contribution in [3.63, 3.8) is 0 Å². The largest absolute Gasteiger partial charge is 0.351 e. The van der Waals surface area contributed by atoms with E-state index in [0.717, 1.165) is 19.0 Å². The highest BCUT2D eigenvalue weighted by Gasteiger charge is 2.14. The van der Waals surface area contributed by atoms with Crippen LogP contribution in [-0.2, 0) is 11.3 Å². The van der Waals surface area contributed by atoms with Crippen LogP contribution in [0.15, 0.2) is 17.5 Å². The molecule has 2 rings (SSSR count). The molecule has 1 aliphatic carbocycles. The summed E-state index contributed by atoms with van der Waals surface area (Å²) >= 11 is 1.75. The number of hydrogen-bond donors (Lipinski definition) is 2. The fourth-order valence-corrected chi connectivity index (χ4v) is 3.20. The van der Waals surface area contributed by atoms with Crippen molar-refractivity contribution in [1.29, 1.82) is 0 Å². The molecule has 1 aromatic heterocycles. The molecule has 0 atom stereocenters. The summed E-state index contributed by atoms with van der Waals surface area (Å²) in [6.07, 6.45) is 6.63. The minimum atomic E-state index is 0.178. The van der Waals surface area contributed by atoms with Crippen LogP contribution in [0.5, 0.6) is 0 Å². The molecule has 1 amide bonds. The van der Waals surface area contributed by atoms with Gasteiger partial charge in [0.2, 0.25) is 0 Å². The van der Waals surface area contributed by atoms with Crippen LogP contribution in [-0.4, -0.2) is 19.0 Å². The monoisotopic (exact) mass is 267 g/mol. The van der Waals surface area contributed by atoms with Crippen molar-refractivity contribution >= 4 is 17.2 Å². The lowest BCUT2D eigenvalue weighted by atomic mass is 9.89. The molecule has 1 aromatic rings. The van der Waals surface area contributed by atoms with Gasteiger partial charge in [0.25, 0.3) is 5.91 Å². The summed E-state index contributed by atoms with van der Waals surface area (Å²) in [7, 11) is 0. The summed E-state index contributed by atoms with van der Waals surface area (Å²) in [4.78, 5) is 13.0. The van der Waals surface area contributed by atoms with Crippen molar-refractivity contribution in [2.45, 2.75) is 38.6 Å². The molecule has 0 radical (unpaired) electrons. The normalized spacial score (nSPS) is 16.7. The predicted molar refractivity (Wildman–Crippen MR) is 74.4 cm³/mol. The van der Waals surface area contributed by atoms with E-state index in [9.17, 15) is 4.79 Å². The first-order valence-corrected chi connectivity index (χ1v) is 7.83. The van der Waals surface area contributed by atoms with Crippen molar-refractivity contribution in [2.75, 3.05) is 13.1 Å². The van der Waals surface area contributed by atoms with Crippen molar-refractivity contribution in [3.8, 4) is 0 Å². The summed E-state index contributed by atoms with van der Waals surface area (Å²) in [5, 5.41) is 7.21. The van der Waals surface area contributed by atoms with E-state index in [4.69, 9.17) is 0 Å². The number of rotatable bonds is 6. The molecule has 0 aromatic carbocycles. The highest BCUT2D eigenvalue weighted by molar-refractivity contribution is 7.09. The van der Waals surface area contributed by atoms with Crippen LogP contribution in [0.3, 0.4) is 0 Å². The molecule has 3 nitrogen and oxygen atoms in total. The van der Waals surface area contributed by atoms with E-state index in [2.05, 4.69) is 28.1 Å². The molecule has 4 heteroatoms. The molecule has 0 aliphatic heterocycles. The lowest BCUT2D eigenvalue weighted by molar-refractivity contribution is -0.659. The van der Waals surface area contributed by atoms with Gasteiger partial charge in [-0.1, -0.05) is 25.3 Å². The van der Waals surface area contributed by atoms with Crippen LogP contribution in [0.1, 0.15) is 37.0 Å². The first-order valence-electron chi connectivity index (χ1n) is 6.95. The van der Waals surface area contributed by atoms with E-state index < -0.39 is 0 Å². The predicted octanol–water partition coefficient (Wildman–Crippen LogP) is 1.51. The number of carbonyl (C=O) groups is 1. The highest BCUT2D eigenvalue weighted by Crippen LogP contribution is 2.22. The summed E-state index contributed by atoms with van der Waals surface area (Å²) < 4.78 is 0. The topological polar surface area (TPSA) is 45.7 Å². The second-order valence-corrected chi connectivity index (χ2v) is 6.12. The van der Waals surface area contributed by atoms with Gasteiger partial charge in [-0.15, -0.1) is 11.3 Å². The molecule has 0 unspecified atom stereocenters. The molecule has 1 aliphatic rings. The van der Waals surface area contributed by atoms with Crippen LogP contribution < -0.4 is 10.6 Å². The van der Waals surface area contributed by atoms with Crippen LogP contribution in [0.2, 0.25) is 0 Å². The van der Waals surface area contributed by atoms with Gasteiger partial charge in [-0.2, -0.15) is 0 Å². The summed E-state index contributed by atoms with van der Waals surface area (Å²) in [5.74, 6) is 0.900. The maximum atomic E-state index is 11.7. The van der Waals surface area contributed by atoms with Crippen molar-refractivity contribution in [2.24, 2.45) is 5.92 Å². The van der Waals surface area contributed by atoms with Gasteiger partial charge in [0.05, 0.1) is 4.88 Å². The number of hydrogen-bond acceptors (Lipinski definition) is 2. The van der Waals surface area contributed by atoms with Gasteiger partial charge in [0.15, 0.2) is 6.54 Å². The van der Waals surface area contributed by atoms with Gasteiger partial charge in [0, 0.05) is 6.54 Å². The van der Waals surface area contributed by atoms with Gasteiger partial charge < -0.3 is 10.6 Å². The Balaban J connectivity index is 1.54. The molecule has 1 saturated carbocycles. The Morgan fingerprint density at radius 1 is 1.39 bits per heavy atom. The Bertz CT molecular complexity index is 345. The van der Waals surface area contributed by atoms with E-state index in [-0.39, 0.29) is 5.91 Å². The Morgan fingerprint density at radius 2 is 2.22 bits per heavy atom. The van der Waals surface area contributed by atoms with Gasteiger partial charge in [-0.25, -0.2) is 0 Å². The average molecular weight is 267 g/mol. The zero-order valence-electron chi connectivity index (χ0n) is 10.9. The Labute approximate surface area is 113 Å². The smallest absolute Gasteiger partial charge is 0.275 e. The minimum absolute atomic E-state index is 0.178. The van der Waals surface area contributed by atoms with Crippen LogP contribution in [0, 0.1) is 5.92 Å². The van der Waals surface area contributed by atoms with Crippen molar-refractivity contribution in [1.82, 2.24) is 5.32 Å². The number of nitrogens with one attached hydrogen (secondary N) is 1. The fourth-order valence-electron chi connectivity index (χ4n) is 2.50. The molecule has 1 fully saturated rings. The van der Waals surface area contributed by atoms with Crippen LogP contribution >= 0.6 is 11.3 Å². The van der Waals surface area contributed by atoms with E-state index in [0.29, 0.717) is 6.54 Å². The molecule has 3 N–H and O–H groups in total. The minimum Gasteiger partial charge on any atom is -0.351 e. The second kappa shape index (κ2) is 7.54. The lowest BCUT2D eigenvalue weighted by Crippen LogP contribution is -2.85. The molecule has 18 heavy (non-hydrogen) atoms. The molecule has 0 bridgehead atoms. The van der Waals surface area contributed by atoms with Gasteiger partial charge >= 0.3 is 0 Å². The zero-order valence-corrected chi connectivity index (χ0v) is 11.7. The maximum Gasteiger partial charge on any atom is 0.275 e. The SMILES string of the molecule is O=C(C[NH2+]Cc1cccs1)NCC1CCCCC1. The van der Waals surface area contributed by atoms with Gasteiger partial charge in [-0.3, -0.25) is 4.79 Å². The Morgan fingerprint density at radius 3 is 2.94 bits per heavy atom. The maximum absolute atomic E-state index is 11.7. The molecular formula is C14H23N2OS+. The summed E-state index contributed by atoms with van der Waals surface area (Å²) in [6.45, 7) is 2.34. The Kier molecular flexibility index (Phi) is 5.68. The standard InChI is InChI=1S/C14H22N2OS/c17-14(11-15-10-13-7-4-8-18-13)16-9-12-5-2-1-3-6-12/h4,7-8,12,15H,1-3,5-6,9-11H2,(H,16,17)/p+1. The van der Waals surface area contributed by atoms with Crippen molar-refractivity contribution < 1.29 is 10.1 Å². The summed E-state index contributed by atoms with van der Waals surface area (Å²) in [5.41, 5.74) is 0. The second-order valence-electron chi connectivity index (χ2n) is 5.08. The van der Waals surface area contributed by atoms with E-state index in [1.165, 1.54) is 37.0 Å². The van der Waals surface area contributed by atoms with E-state index in [1.54, 1.807) is 11.3 Å². The van der Waals surface area contributed by atoms with Crippen LogP contribution in [0.25, 0.3) is 0 Å². The first kappa shape index (κ1) is 13.6. The Hall–Kier alpha value is -0.870. The third-order valence-corrected chi connectivity index (χ3v) is 4.47. The average Bonchev–Trinajstić information content (AvgIpc) is 2.91. The lowest BCUT2D eigenvalue weighted by Gasteiger charge is -2.21. The molecule has 1 heterocycles. The number of nitrogens with two attached hydrogens (primary N) is 1.